The van der Waals surface area contributed by atoms with Crippen molar-refractivity contribution in [3.8, 4) is 5.75 Å². The molecule has 6 heteroatoms. The molecule has 2 rings (SSSR count). The molecule has 1 aliphatic carbocycles. The lowest BCUT2D eigenvalue weighted by Gasteiger charge is -2.16. The molecule has 22 heavy (non-hydrogen) atoms. The minimum absolute atomic E-state index is 0.0864. The number of hydrogen-bond donors (Lipinski definition) is 3. The third-order valence-electron chi connectivity index (χ3n) is 3.84. The Labute approximate surface area is 135 Å². The number of phenolic OH excluding ortho intramolecular Hbond substituents is 1. The summed E-state index contributed by atoms with van der Waals surface area (Å²) < 4.78 is 0. The van der Waals surface area contributed by atoms with Crippen molar-refractivity contribution < 1.29 is 9.90 Å². The zero-order valence-electron chi connectivity index (χ0n) is 12.5. The van der Waals surface area contributed by atoms with Crippen molar-refractivity contribution in [3.05, 3.63) is 28.8 Å². The normalized spacial score (nSPS) is 17.6. The second kappa shape index (κ2) is 8.03. The number of aliphatic imine (C=N–C) groups is 1. The Morgan fingerprint density at radius 3 is 2.55 bits per heavy atom. The first-order valence-electron chi connectivity index (χ1n) is 7.69. The number of phenols is 1. The van der Waals surface area contributed by atoms with Crippen LogP contribution in [-0.2, 0) is 0 Å². The van der Waals surface area contributed by atoms with Crippen molar-refractivity contribution in [2.45, 2.75) is 51.0 Å². The highest BCUT2D eigenvalue weighted by molar-refractivity contribution is 6.31. The van der Waals surface area contributed by atoms with E-state index in [0.29, 0.717) is 5.02 Å². The summed E-state index contributed by atoms with van der Waals surface area (Å²) in [5, 5.41) is 12.6. The van der Waals surface area contributed by atoms with E-state index in [2.05, 4.69) is 10.3 Å². The Balaban J connectivity index is 2.00. The lowest BCUT2D eigenvalue weighted by atomic mass is 9.97. The van der Waals surface area contributed by atoms with Crippen molar-refractivity contribution >= 4 is 23.5 Å². The summed E-state index contributed by atoms with van der Waals surface area (Å²) in [5.41, 5.74) is 5.91. The van der Waals surface area contributed by atoms with Gasteiger partial charge in [0.2, 0.25) is 0 Å². The zero-order valence-corrected chi connectivity index (χ0v) is 13.3. The van der Waals surface area contributed by atoms with Crippen LogP contribution in [0.3, 0.4) is 0 Å². The van der Waals surface area contributed by atoms with Gasteiger partial charge in [-0.25, -0.2) is 4.99 Å². The molecule has 1 aromatic carbocycles. The molecule has 0 aromatic heterocycles. The predicted octanol–water partition coefficient (Wildman–Crippen LogP) is 3.20. The molecule has 1 saturated carbocycles. The van der Waals surface area contributed by atoms with Gasteiger partial charge in [-0.2, -0.15) is 0 Å². The van der Waals surface area contributed by atoms with Gasteiger partial charge in [-0.15, -0.1) is 0 Å². The SMILES string of the molecule is NC(=NC1CCCCCCC1)NC(=O)c1cc(Cl)ccc1O. The average molecular weight is 324 g/mol. The van der Waals surface area contributed by atoms with Crippen LogP contribution in [0.15, 0.2) is 23.2 Å². The van der Waals surface area contributed by atoms with E-state index in [9.17, 15) is 9.90 Å². The van der Waals surface area contributed by atoms with Crippen LogP contribution in [0.25, 0.3) is 0 Å². The Bertz CT molecular complexity index is 552. The van der Waals surface area contributed by atoms with Crippen molar-refractivity contribution in [2.24, 2.45) is 10.7 Å². The predicted molar refractivity (Wildman–Crippen MR) is 88.3 cm³/mol. The van der Waals surface area contributed by atoms with Crippen LogP contribution in [-0.4, -0.2) is 23.0 Å². The standard InChI is InChI=1S/C16H22ClN3O2/c17-11-8-9-14(21)13(10-11)15(22)20-16(18)19-12-6-4-2-1-3-5-7-12/h8-10,12,21H,1-7H2,(H3,18,19,20,22). The number of nitrogens with two attached hydrogens (primary N) is 1. The number of halogens is 1. The topological polar surface area (TPSA) is 87.7 Å². The third-order valence-corrected chi connectivity index (χ3v) is 4.08. The molecule has 0 radical (unpaired) electrons. The van der Waals surface area contributed by atoms with Crippen molar-refractivity contribution in [2.75, 3.05) is 0 Å². The van der Waals surface area contributed by atoms with Gasteiger partial charge in [-0.3, -0.25) is 10.1 Å². The minimum Gasteiger partial charge on any atom is -0.507 e. The number of nitrogens with one attached hydrogen (secondary N) is 1. The van der Waals surface area contributed by atoms with Gasteiger partial charge in [-0.05, 0) is 31.0 Å². The van der Waals surface area contributed by atoms with Crippen LogP contribution in [0.4, 0.5) is 0 Å². The minimum atomic E-state index is -0.507. The number of hydrogen-bond acceptors (Lipinski definition) is 3. The van der Waals surface area contributed by atoms with Crippen LogP contribution in [0, 0.1) is 0 Å². The average Bonchev–Trinajstić information content (AvgIpc) is 2.44. The summed E-state index contributed by atoms with van der Waals surface area (Å²) in [6.45, 7) is 0. The highest BCUT2D eigenvalue weighted by Crippen LogP contribution is 2.21. The molecule has 0 aliphatic heterocycles. The van der Waals surface area contributed by atoms with Crippen LogP contribution in [0.2, 0.25) is 5.02 Å². The number of carbonyl (C=O) groups is 1. The molecule has 5 nitrogen and oxygen atoms in total. The first kappa shape index (κ1) is 16.6. The molecule has 0 bridgehead atoms. The van der Waals surface area contributed by atoms with E-state index in [1.54, 1.807) is 0 Å². The fourth-order valence-corrected chi connectivity index (χ4v) is 2.84. The van der Waals surface area contributed by atoms with Gasteiger partial charge < -0.3 is 10.8 Å². The molecule has 0 saturated heterocycles. The monoisotopic (exact) mass is 323 g/mol. The number of amides is 1. The molecule has 1 fully saturated rings. The van der Waals surface area contributed by atoms with Crippen LogP contribution < -0.4 is 11.1 Å². The molecule has 120 valence electrons. The smallest absolute Gasteiger partial charge is 0.261 e. The van der Waals surface area contributed by atoms with Gasteiger partial charge in [-0.1, -0.05) is 43.7 Å². The number of benzene rings is 1. The summed E-state index contributed by atoms with van der Waals surface area (Å²) in [6, 6.07) is 4.45. The summed E-state index contributed by atoms with van der Waals surface area (Å²) in [5.74, 6) is -0.553. The van der Waals surface area contributed by atoms with E-state index < -0.39 is 5.91 Å². The van der Waals surface area contributed by atoms with Gasteiger partial charge in [0.05, 0.1) is 11.6 Å². The van der Waals surface area contributed by atoms with E-state index in [0.717, 1.165) is 25.7 Å². The van der Waals surface area contributed by atoms with Crippen LogP contribution in [0.5, 0.6) is 5.75 Å². The summed E-state index contributed by atoms with van der Waals surface area (Å²) in [4.78, 5) is 16.5. The molecule has 0 heterocycles. The Hall–Kier alpha value is -1.75. The second-order valence-corrected chi connectivity index (χ2v) is 6.07. The molecule has 1 aromatic rings. The maximum atomic E-state index is 12.1. The highest BCUT2D eigenvalue weighted by Gasteiger charge is 2.15. The van der Waals surface area contributed by atoms with E-state index in [4.69, 9.17) is 17.3 Å². The lowest BCUT2D eigenvalue weighted by molar-refractivity contribution is 0.0974. The van der Waals surface area contributed by atoms with Crippen LogP contribution >= 0.6 is 11.6 Å². The fourth-order valence-electron chi connectivity index (χ4n) is 2.67. The van der Waals surface area contributed by atoms with Crippen LogP contribution in [0.1, 0.15) is 55.3 Å². The Morgan fingerprint density at radius 2 is 1.86 bits per heavy atom. The molecule has 0 atom stereocenters. The summed E-state index contributed by atoms with van der Waals surface area (Å²) >= 11 is 5.83. The maximum absolute atomic E-state index is 12.1. The van der Waals surface area contributed by atoms with Gasteiger partial charge in [0.1, 0.15) is 5.75 Å². The summed E-state index contributed by atoms with van der Waals surface area (Å²) in [6.07, 6.45) is 8.03. The first-order chi connectivity index (χ1) is 10.6. The highest BCUT2D eigenvalue weighted by atomic mass is 35.5. The van der Waals surface area contributed by atoms with Crippen molar-refractivity contribution in [1.29, 1.82) is 0 Å². The molecule has 1 amide bonds. The molecule has 4 N–H and O–H groups in total. The molecular formula is C16H22ClN3O2. The maximum Gasteiger partial charge on any atom is 0.261 e. The van der Waals surface area contributed by atoms with Gasteiger partial charge in [0, 0.05) is 5.02 Å². The van der Waals surface area contributed by atoms with Gasteiger partial charge >= 0.3 is 0 Å². The Kier molecular flexibility index (Phi) is 6.07. The fraction of sp³-hybridized carbons (Fsp3) is 0.500. The number of aromatic hydroxyl groups is 1. The quantitative estimate of drug-likeness (QED) is 0.577. The number of guanidine groups is 1. The third kappa shape index (κ3) is 4.91. The molecular weight excluding hydrogens is 302 g/mol. The number of carbonyl (C=O) groups excluding carboxylic acids is 1. The number of nitrogens with zero attached hydrogens (tertiary/aromatic N) is 1. The zero-order chi connectivity index (χ0) is 15.9. The van der Waals surface area contributed by atoms with E-state index in [1.807, 2.05) is 0 Å². The van der Waals surface area contributed by atoms with Crippen molar-refractivity contribution in [3.63, 3.8) is 0 Å². The number of rotatable bonds is 2. The Morgan fingerprint density at radius 1 is 1.23 bits per heavy atom. The lowest BCUT2D eigenvalue weighted by Crippen LogP contribution is -2.38. The van der Waals surface area contributed by atoms with Crippen molar-refractivity contribution in [1.82, 2.24) is 5.32 Å². The molecule has 0 spiro atoms. The second-order valence-electron chi connectivity index (χ2n) is 5.63. The van der Waals surface area contributed by atoms with E-state index in [-0.39, 0.29) is 23.3 Å². The first-order valence-corrected chi connectivity index (χ1v) is 8.07. The van der Waals surface area contributed by atoms with E-state index in [1.165, 1.54) is 37.5 Å². The molecule has 0 unspecified atom stereocenters. The van der Waals surface area contributed by atoms with E-state index >= 15 is 0 Å². The molecule has 1 aliphatic rings. The van der Waals surface area contributed by atoms with Gasteiger partial charge in [0.25, 0.3) is 5.91 Å². The van der Waals surface area contributed by atoms with Gasteiger partial charge in [0.15, 0.2) is 5.96 Å². The largest absolute Gasteiger partial charge is 0.507 e. The summed E-state index contributed by atoms with van der Waals surface area (Å²) in [7, 11) is 0.